The summed E-state index contributed by atoms with van der Waals surface area (Å²) in [7, 11) is 0. The molecule has 1 atom stereocenters. The van der Waals surface area contributed by atoms with Gasteiger partial charge in [-0.25, -0.2) is 9.97 Å². The molecule has 5 aromatic rings. The van der Waals surface area contributed by atoms with Gasteiger partial charge >= 0.3 is 0 Å². The minimum absolute atomic E-state index is 0.135. The van der Waals surface area contributed by atoms with Gasteiger partial charge in [0.25, 0.3) is 0 Å². The van der Waals surface area contributed by atoms with Gasteiger partial charge in [0.1, 0.15) is 24.5 Å². The van der Waals surface area contributed by atoms with Crippen LogP contribution >= 0.6 is 0 Å². The number of hydrogen-bond donors (Lipinski definition) is 3. The van der Waals surface area contributed by atoms with E-state index in [2.05, 4.69) is 20.3 Å². The smallest absolute Gasteiger partial charge is 0.221 e. The third kappa shape index (κ3) is 4.69. The molecule has 1 aromatic carbocycles. The highest BCUT2D eigenvalue weighted by Gasteiger charge is 2.38. The molecule has 1 aliphatic heterocycles. The topological polar surface area (TPSA) is 150 Å². The van der Waals surface area contributed by atoms with E-state index in [0.29, 0.717) is 35.4 Å². The van der Waals surface area contributed by atoms with E-state index in [9.17, 15) is 9.90 Å². The van der Waals surface area contributed by atoms with Crippen molar-refractivity contribution < 1.29 is 19.4 Å². The van der Waals surface area contributed by atoms with E-state index < -0.39 is 5.79 Å². The van der Waals surface area contributed by atoms with Gasteiger partial charge < -0.3 is 25.6 Å². The lowest BCUT2D eigenvalue weighted by Gasteiger charge is -2.20. The predicted octanol–water partition coefficient (Wildman–Crippen LogP) is 4.00. The molecule has 1 amide bonds. The number of ether oxygens (including phenoxy) is 2. The summed E-state index contributed by atoms with van der Waals surface area (Å²) < 4.78 is 13.6. The van der Waals surface area contributed by atoms with Crippen LogP contribution in [0.25, 0.3) is 27.6 Å². The molecule has 204 valence electrons. The standard InChI is InChI=1S/C29H29N7O4/c1-3-19-10-24(34-17(2)37)22-6-5-21(11-25(22)35-19)39-15-18-9-20(13-31-12-18)36-14-23(29(38)7-4-8-40-29)26-27(30)32-16-33-28(26)36/h5-6,9-14,16,38H,3-4,7-8,15H2,1-2H3,(H2,30,32,33)(H,34,35,37)/t29-/m1/s1. The highest BCUT2D eigenvalue weighted by molar-refractivity contribution is 6.00. The van der Waals surface area contributed by atoms with Crippen LogP contribution in [-0.4, -0.2) is 42.1 Å². The number of aromatic nitrogens is 5. The first-order chi connectivity index (χ1) is 19.3. The Balaban J connectivity index is 1.30. The van der Waals surface area contributed by atoms with E-state index in [4.69, 9.17) is 20.2 Å². The monoisotopic (exact) mass is 539 g/mol. The van der Waals surface area contributed by atoms with Crippen LogP contribution in [0.5, 0.6) is 5.75 Å². The van der Waals surface area contributed by atoms with Crippen molar-refractivity contribution in [1.29, 1.82) is 0 Å². The summed E-state index contributed by atoms with van der Waals surface area (Å²) in [6.45, 7) is 4.23. The number of fused-ring (bicyclic) bond motifs is 2. The first kappa shape index (κ1) is 25.7. The lowest BCUT2D eigenvalue weighted by molar-refractivity contribution is -0.178. The summed E-state index contributed by atoms with van der Waals surface area (Å²) in [5.74, 6) is -0.669. The number of nitrogens with two attached hydrogens (primary N) is 1. The second-order valence-electron chi connectivity index (χ2n) is 9.82. The van der Waals surface area contributed by atoms with Crippen LogP contribution in [-0.2, 0) is 28.3 Å². The highest BCUT2D eigenvalue weighted by Crippen LogP contribution is 2.40. The van der Waals surface area contributed by atoms with Crippen molar-refractivity contribution in [3.05, 3.63) is 72.1 Å². The average molecular weight is 540 g/mol. The van der Waals surface area contributed by atoms with Crippen molar-refractivity contribution in [2.24, 2.45) is 0 Å². The predicted molar refractivity (Wildman–Crippen MR) is 150 cm³/mol. The fourth-order valence-electron chi connectivity index (χ4n) is 5.09. The minimum Gasteiger partial charge on any atom is -0.489 e. The van der Waals surface area contributed by atoms with Gasteiger partial charge in [0.05, 0.1) is 35.1 Å². The molecule has 4 aromatic heterocycles. The molecule has 0 spiro atoms. The molecule has 1 aliphatic rings. The maximum absolute atomic E-state index is 11.7. The number of carbonyl (C=O) groups is 1. The quantitative estimate of drug-likeness (QED) is 0.279. The van der Waals surface area contributed by atoms with Crippen molar-refractivity contribution in [3.63, 3.8) is 0 Å². The number of anilines is 2. The van der Waals surface area contributed by atoms with Crippen LogP contribution < -0.4 is 15.8 Å². The minimum atomic E-state index is -1.45. The Morgan fingerprint density at radius 1 is 1.25 bits per heavy atom. The summed E-state index contributed by atoms with van der Waals surface area (Å²) in [6.07, 6.45) is 8.56. The zero-order valence-corrected chi connectivity index (χ0v) is 22.2. The van der Waals surface area contributed by atoms with Gasteiger partial charge in [-0.2, -0.15) is 0 Å². The molecule has 40 heavy (non-hydrogen) atoms. The number of aryl methyl sites for hydroxylation is 1. The molecule has 6 rings (SSSR count). The number of amides is 1. The Kier molecular flexibility index (Phi) is 6.53. The van der Waals surface area contributed by atoms with Gasteiger partial charge in [-0.05, 0) is 37.1 Å². The molecular formula is C29H29N7O4. The number of pyridine rings is 2. The van der Waals surface area contributed by atoms with E-state index in [1.807, 2.05) is 41.8 Å². The second-order valence-corrected chi connectivity index (χ2v) is 9.82. The number of rotatable bonds is 7. The Hall–Kier alpha value is -4.61. The first-order valence-electron chi connectivity index (χ1n) is 13.1. The number of carbonyl (C=O) groups excluding carboxylic acids is 1. The lowest BCUT2D eigenvalue weighted by Crippen LogP contribution is -2.23. The van der Waals surface area contributed by atoms with Crippen LogP contribution in [0.2, 0.25) is 0 Å². The van der Waals surface area contributed by atoms with Gasteiger partial charge in [-0.15, -0.1) is 0 Å². The van der Waals surface area contributed by atoms with E-state index in [1.165, 1.54) is 13.3 Å². The van der Waals surface area contributed by atoms with Gasteiger partial charge in [0.2, 0.25) is 5.91 Å². The van der Waals surface area contributed by atoms with Gasteiger partial charge in [0.15, 0.2) is 11.4 Å². The third-order valence-electron chi connectivity index (χ3n) is 7.01. The van der Waals surface area contributed by atoms with Crippen LogP contribution in [0.4, 0.5) is 11.5 Å². The van der Waals surface area contributed by atoms with E-state index in [0.717, 1.165) is 46.4 Å². The van der Waals surface area contributed by atoms with Crippen LogP contribution in [0.3, 0.4) is 0 Å². The van der Waals surface area contributed by atoms with Crippen LogP contribution in [0, 0.1) is 0 Å². The van der Waals surface area contributed by atoms with Crippen molar-refractivity contribution in [2.75, 3.05) is 17.7 Å². The van der Waals surface area contributed by atoms with Crippen molar-refractivity contribution >= 4 is 39.3 Å². The van der Waals surface area contributed by atoms with Gasteiger partial charge in [0, 0.05) is 54.0 Å². The van der Waals surface area contributed by atoms with E-state index in [-0.39, 0.29) is 18.3 Å². The fraction of sp³-hybridized carbons (Fsp3) is 0.276. The zero-order valence-electron chi connectivity index (χ0n) is 22.2. The number of hydrogen-bond acceptors (Lipinski definition) is 9. The SMILES string of the molecule is CCc1cc(NC(C)=O)c2ccc(OCc3cncc(-n4cc([C@@]5(O)CCCO5)c5c(N)ncnc54)c3)cc2n1. The summed E-state index contributed by atoms with van der Waals surface area (Å²) >= 11 is 0. The Morgan fingerprint density at radius 3 is 2.90 bits per heavy atom. The molecule has 11 nitrogen and oxygen atoms in total. The fourth-order valence-corrected chi connectivity index (χ4v) is 5.09. The van der Waals surface area contributed by atoms with Crippen LogP contribution in [0.1, 0.15) is 43.5 Å². The van der Waals surface area contributed by atoms with E-state index >= 15 is 0 Å². The molecule has 4 N–H and O–H groups in total. The lowest BCUT2D eigenvalue weighted by atomic mass is 10.0. The largest absolute Gasteiger partial charge is 0.489 e. The molecule has 11 heteroatoms. The summed E-state index contributed by atoms with van der Waals surface area (Å²) in [5.41, 5.74) is 11.2. The molecular weight excluding hydrogens is 510 g/mol. The molecule has 0 unspecified atom stereocenters. The molecule has 5 heterocycles. The summed E-state index contributed by atoms with van der Waals surface area (Å²) in [4.78, 5) is 29.4. The Labute approximate surface area is 230 Å². The average Bonchev–Trinajstić information content (AvgIpc) is 3.57. The number of aliphatic hydroxyl groups is 1. The van der Waals surface area contributed by atoms with Crippen LogP contribution in [0.15, 0.2) is 55.2 Å². The molecule has 1 saturated heterocycles. The normalized spacial score (nSPS) is 17.0. The molecule has 1 fully saturated rings. The van der Waals surface area contributed by atoms with E-state index in [1.54, 1.807) is 18.6 Å². The zero-order chi connectivity index (χ0) is 27.9. The highest BCUT2D eigenvalue weighted by atomic mass is 16.6. The maximum Gasteiger partial charge on any atom is 0.221 e. The Morgan fingerprint density at radius 2 is 2.12 bits per heavy atom. The molecule has 0 bridgehead atoms. The summed E-state index contributed by atoms with van der Waals surface area (Å²) in [6, 6.07) is 9.45. The molecule has 0 saturated carbocycles. The third-order valence-corrected chi connectivity index (χ3v) is 7.01. The van der Waals surface area contributed by atoms with Crippen molar-refractivity contribution in [1.82, 2.24) is 24.5 Å². The number of nitrogens with one attached hydrogen (secondary N) is 1. The van der Waals surface area contributed by atoms with Crippen molar-refractivity contribution in [2.45, 2.75) is 45.5 Å². The number of benzene rings is 1. The Bertz CT molecular complexity index is 1740. The summed E-state index contributed by atoms with van der Waals surface area (Å²) in [5, 5.41) is 15.5. The maximum atomic E-state index is 11.7. The van der Waals surface area contributed by atoms with Crippen molar-refractivity contribution in [3.8, 4) is 11.4 Å². The number of nitrogen functional groups attached to an aromatic ring is 1. The molecule has 0 radical (unpaired) electrons. The second kappa shape index (κ2) is 10.2. The first-order valence-corrected chi connectivity index (χ1v) is 13.1. The van der Waals surface area contributed by atoms with Gasteiger partial charge in [-0.3, -0.25) is 19.3 Å². The molecule has 0 aliphatic carbocycles. The van der Waals surface area contributed by atoms with Gasteiger partial charge in [-0.1, -0.05) is 6.92 Å². The number of nitrogens with zero attached hydrogens (tertiary/aromatic N) is 5.